The van der Waals surface area contributed by atoms with E-state index in [2.05, 4.69) is 10.6 Å². The Balaban J connectivity index is 2.23. The van der Waals surface area contributed by atoms with Gasteiger partial charge in [0, 0.05) is 11.3 Å². The minimum absolute atomic E-state index is 0.252. The number of aryl methyl sites for hydroxylation is 1. The number of rotatable bonds is 0. The molecule has 0 aromatic heterocycles. The number of carbonyl (C=O) groups excluding carboxylic acids is 2. The molecule has 1 aromatic rings. The van der Waals surface area contributed by atoms with Crippen molar-refractivity contribution < 1.29 is 9.59 Å². The first-order chi connectivity index (χ1) is 8.56. The molecular weight excluding hydrogens is 268 g/mol. The molecule has 0 spiro atoms. The fourth-order valence-electron chi connectivity index (χ4n) is 1.99. The Bertz CT molecular complexity index is 649. The van der Waals surface area contributed by atoms with Crippen molar-refractivity contribution >= 4 is 51.4 Å². The van der Waals surface area contributed by atoms with E-state index < -0.39 is 0 Å². The van der Waals surface area contributed by atoms with E-state index in [0.29, 0.717) is 14.8 Å². The highest BCUT2D eigenvalue weighted by atomic mass is 32.2. The molecule has 2 N–H and O–H groups in total. The summed E-state index contributed by atoms with van der Waals surface area (Å²) < 4.78 is 0.386. The number of carbonyl (C=O) groups is 2. The molecule has 2 heterocycles. The van der Waals surface area contributed by atoms with E-state index in [1.807, 2.05) is 25.1 Å². The van der Waals surface area contributed by atoms with Crippen LogP contribution in [0.4, 0.5) is 5.69 Å². The highest BCUT2D eigenvalue weighted by molar-refractivity contribution is 8.27. The van der Waals surface area contributed by atoms with Crippen molar-refractivity contribution in [2.24, 2.45) is 0 Å². The molecule has 0 bridgehead atoms. The van der Waals surface area contributed by atoms with E-state index in [1.165, 1.54) is 0 Å². The fourth-order valence-corrected chi connectivity index (χ4v) is 3.11. The molecule has 2 aliphatic rings. The van der Waals surface area contributed by atoms with Crippen LogP contribution < -0.4 is 10.6 Å². The van der Waals surface area contributed by atoms with Gasteiger partial charge in [-0.05, 0) is 19.1 Å². The fraction of sp³-hybridized carbons (Fsp3) is 0.0833. The van der Waals surface area contributed by atoms with Gasteiger partial charge in [0.05, 0.1) is 10.5 Å². The molecular formula is C12H8N2O2S2. The maximum absolute atomic E-state index is 12.0. The minimum atomic E-state index is -0.301. The van der Waals surface area contributed by atoms with Crippen LogP contribution in [0, 0.1) is 6.92 Å². The molecule has 2 amide bonds. The van der Waals surface area contributed by atoms with Crippen LogP contribution in [0.3, 0.4) is 0 Å². The van der Waals surface area contributed by atoms with Crippen molar-refractivity contribution in [1.29, 1.82) is 0 Å². The third kappa shape index (κ3) is 1.65. The summed E-state index contributed by atoms with van der Waals surface area (Å²) in [6.07, 6.45) is 0. The van der Waals surface area contributed by atoms with Crippen LogP contribution >= 0.6 is 24.0 Å². The number of thioether (sulfide) groups is 1. The predicted molar refractivity (Wildman–Crippen MR) is 75.1 cm³/mol. The molecule has 0 aliphatic carbocycles. The summed E-state index contributed by atoms with van der Waals surface area (Å²) in [4.78, 5) is 24.1. The van der Waals surface area contributed by atoms with E-state index >= 15 is 0 Å². The second-order valence-electron chi connectivity index (χ2n) is 4.05. The average Bonchev–Trinajstić information content (AvgIpc) is 2.77. The Hall–Kier alpha value is -1.66. The SMILES string of the molecule is Cc1ccc2c(c1)/C(=C1/SC(=S)NC1=O)C(=O)N2. The summed E-state index contributed by atoms with van der Waals surface area (Å²) in [6.45, 7) is 1.94. The van der Waals surface area contributed by atoms with Gasteiger partial charge in [-0.2, -0.15) is 0 Å². The van der Waals surface area contributed by atoms with Gasteiger partial charge in [0.15, 0.2) is 0 Å². The number of amides is 2. The first-order valence-electron chi connectivity index (χ1n) is 5.26. The molecule has 1 fully saturated rings. The average molecular weight is 276 g/mol. The molecule has 0 saturated carbocycles. The first-order valence-corrected chi connectivity index (χ1v) is 6.48. The second kappa shape index (κ2) is 3.93. The van der Waals surface area contributed by atoms with Crippen LogP contribution in [-0.2, 0) is 9.59 Å². The molecule has 0 radical (unpaired) electrons. The molecule has 0 atom stereocenters. The lowest BCUT2D eigenvalue weighted by atomic mass is 10.0. The molecule has 2 aliphatic heterocycles. The lowest BCUT2D eigenvalue weighted by Crippen LogP contribution is -2.19. The molecule has 4 nitrogen and oxygen atoms in total. The standard InChI is InChI=1S/C12H8N2O2S2/c1-5-2-3-7-6(4-5)8(10(15)13-7)9-11(16)14-12(17)18-9/h2-4H,1H3,(H,13,15)(H,14,16,17)/b9-8-. The van der Waals surface area contributed by atoms with E-state index in [0.717, 1.165) is 28.6 Å². The Morgan fingerprint density at radius 2 is 1.94 bits per heavy atom. The molecule has 3 rings (SSSR count). The monoisotopic (exact) mass is 276 g/mol. The van der Waals surface area contributed by atoms with E-state index in [4.69, 9.17) is 12.2 Å². The smallest absolute Gasteiger partial charge is 0.264 e. The molecule has 18 heavy (non-hydrogen) atoms. The van der Waals surface area contributed by atoms with Gasteiger partial charge in [0.1, 0.15) is 4.32 Å². The third-order valence-corrected chi connectivity index (χ3v) is 4.00. The van der Waals surface area contributed by atoms with Crippen molar-refractivity contribution in [2.75, 3.05) is 5.32 Å². The first kappa shape index (κ1) is 11.4. The van der Waals surface area contributed by atoms with Gasteiger partial charge in [-0.1, -0.05) is 35.6 Å². The summed E-state index contributed by atoms with van der Waals surface area (Å²) in [5, 5.41) is 5.28. The van der Waals surface area contributed by atoms with Crippen LogP contribution in [0.15, 0.2) is 23.1 Å². The van der Waals surface area contributed by atoms with Crippen molar-refractivity contribution in [2.45, 2.75) is 6.92 Å². The summed E-state index contributed by atoms with van der Waals surface area (Å²) in [7, 11) is 0. The van der Waals surface area contributed by atoms with E-state index in [1.54, 1.807) is 0 Å². The Morgan fingerprint density at radius 1 is 1.17 bits per heavy atom. The van der Waals surface area contributed by atoms with Gasteiger partial charge in [0.2, 0.25) is 0 Å². The van der Waals surface area contributed by atoms with E-state index in [-0.39, 0.29) is 11.8 Å². The molecule has 1 aromatic carbocycles. The summed E-state index contributed by atoms with van der Waals surface area (Å²) >= 11 is 6.07. The van der Waals surface area contributed by atoms with Crippen molar-refractivity contribution in [3.63, 3.8) is 0 Å². The lowest BCUT2D eigenvalue weighted by Gasteiger charge is -2.01. The predicted octanol–water partition coefficient (Wildman–Crippen LogP) is 1.81. The number of hydrogen-bond donors (Lipinski definition) is 2. The van der Waals surface area contributed by atoms with Gasteiger partial charge >= 0.3 is 0 Å². The molecule has 0 unspecified atom stereocenters. The number of benzene rings is 1. The maximum atomic E-state index is 12.0. The van der Waals surface area contributed by atoms with Crippen LogP contribution in [0.1, 0.15) is 11.1 Å². The van der Waals surface area contributed by atoms with Crippen molar-refractivity contribution in [3.8, 4) is 0 Å². The Morgan fingerprint density at radius 3 is 2.61 bits per heavy atom. The van der Waals surface area contributed by atoms with Crippen LogP contribution in [0.5, 0.6) is 0 Å². The topological polar surface area (TPSA) is 58.2 Å². The van der Waals surface area contributed by atoms with Crippen molar-refractivity contribution in [3.05, 3.63) is 34.2 Å². The maximum Gasteiger partial charge on any atom is 0.264 e. The van der Waals surface area contributed by atoms with Gasteiger partial charge < -0.3 is 10.6 Å². The molecule has 6 heteroatoms. The van der Waals surface area contributed by atoms with Gasteiger partial charge in [-0.15, -0.1) is 0 Å². The lowest BCUT2D eigenvalue weighted by molar-refractivity contribution is -0.115. The van der Waals surface area contributed by atoms with E-state index in [9.17, 15) is 9.59 Å². The summed E-state index contributed by atoms with van der Waals surface area (Å²) in [5.74, 6) is -0.553. The number of fused-ring (bicyclic) bond motifs is 1. The highest BCUT2D eigenvalue weighted by Crippen LogP contribution is 2.39. The molecule has 1 saturated heterocycles. The van der Waals surface area contributed by atoms with Gasteiger partial charge in [0.25, 0.3) is 11.8 Å². The largest absolute Gasteiger partial charge is 0.321 e. The number of nitrogens with one attached hydrogen (secondary N) is 2. The number of anilines is 1. The summed E-state index contributed by atoms with van der Waals surface area (Å²) in [6, 6.07) is 5.65. The zero-order valence-corrected chi connectivity index (χ0v) is 11.0. The van der Waals surface area contributed by atoms with Crippen molar-refractivity contribution in [1.82, 2.24) is 5.32 Å². The number of hydrogen-bond acceptors (Lipinski definition) is 4. The third-order valence-electron chi connectivity index (χ3n) is 2.76. The van der Waals surface area contributed by atoms with Crippen LogP contribution in [0.25, 0.3) is 5.57 Å². The quantitative estimate of drug-likeness (QED) is 0.560. The normalized spacial score (nSPS) is 21.9. The van der Waals surface area contributed by atoms with Gasteiger partial charge in [-0.3, -0.25) is 9.59 Å². The van der Waals surface area contributed by atoms with Crippen LogP contribution in [0.2, 0.25) is 0 Å². The van der Waals surface area contributed by atoms with Crippen LogP contribution in [-0.4, -0.2) is 16.1 Å². The second-order valence-corrected chi connectivity index (χ2v) is 5.74. The zero-order valence-electron chi connectivity index (χ0n) is 9.37. The summed E-state index contributed by atoms with van der Waals surface area (Å²) in [5.41, 5.74) is 2.95. The van der Waals surface area contributed by atoms with Gasteiger partial charge in [-0.25, -0.2) is 0 Å². The Labute approximate surface area is 113 Å². The molecule has 90 valence electrons. The highest BCUT2D eigenvalue weighted by Gasteiger charge is 2.34. The zero-order chi connectivity index (χ0) is 12.9. The minimum Gasteiger partial charge on any atom is -0.321 e. The number of thiocarbonyl (C=S) groups is 1. The Kier molecular flexibility index (Phi) is 2.49.